The molecule has 0 atom stereocenters. The Morgan fingerprint density at radius 3 is 2.61 bits per heavy atom. The highest BCUT2D eigenvalue weighted by Gasteiger charge is 2.27. The molecule has 1 aliphatic rings. The van der Waals surface area contributed by atoms with E-state index in [0.29, 0.717) is 10.7 Å². The summed E-state index contributed by atoms with van der Waals surface area (Å²) in [5.74, 6) is -0.401. The van der Waals surface area contributed by atoms with Gasteiger partial charge in [-0.05, 0) is 49.9 Å². The number of amides is 1. The van der Waals surface area contributed by atoms with E-state index in [1.165, 1.54) is 0 Å². The number of fused-ring (bicyclic) bond motifs is 1. The average Bonchev–Trinajstić information content (AvgIpc) is 2.83. The highest BCUT2D eigenvalue weighted by Crippen LogP contribution is 2.27. The van der Waals surface area contributed by atoms with Crippen molar-refractivity contribution in [2.75, 3.05) is 19.8 Å². The van der Waals surface area contributed by atoms with Gasteiger partial charge in [-0.15, -0.1) is 0 Å². The highest BCUT2D eigenvalue weighted by atomic mass is 35.5. The van der Waals surface area contributed by atoms with Crippen molar-refractivity contribution in [3.63, 3.8) is 0 Å². The number of carbonyl (C=O) groups is 1. The van der Waals surface area contributed by atoms with Crippen LogP contribution in [0.25, 0.3) is 5.69 Å². The normalized spacial score (nSPS) is 14.4. The van der Waals surface area contributed by atoms with Gasteiger partial charge in [0.15, 0.2) is 5.69 Å². The summed E-state index contributed by atoms with van der Waals surface area (Å²) < 4.78 is 42.6. The molecule has 0 unspecified atom stereocenters. The Morgan fingerprint density at radius 1 is 1.18 bits per heavy atom. The lowest BCUT2D eigenvalue weighted by molar-refractivity contribution is -0.173. The van der Waals surface area contributed by atoms with Crippen LogP contribution in [0.1, 0.15) is 41.0 Å². The van der Waals surface area contributed by atoms with Gasteiger partial charge in [-0.1, -0.05) is 18.0 Å². The van der Waals surface area contributed by atoms with Crippen molar-refractivity contribution in [3.05, 3.63) is 46.2 Å². The number of rotatable bonds is 6. The molecule has 0 spiro atoms. The first-order valence-electron chi connectivity index (χ1n) is 9.14. The Bertz CT molecular complexity index is 819. The summed E-state index contributed by atoms with van der Waals surface area (Å²) in [6, 6.07) is 7.21. The van der Waals surface area contributed by atoms with Gasteiger partial charge in [0.2, 0.25) is 0 Å². The lowest BCUT2D eigenvalue weighted by Gasteiger charge is -2.08. The van der Waals surface area contributed by atoms with Crippen molar-refractivity contribution in [3.8, 4) is 5.69 Å². The van der Waals surface area contributed by atoms with Crippen LogP contribution in [0.5, 0.6) is 0 Å². The van der Waals surface area contributed by atoms with Gasteiger partial charge in [-0.2, -0.15) is 18.3 Å². The van der Waals surface area contributed by atoms with E-state index in [0.717, 1.165) is 49.0 Å². The zero-order valence-electron chi connectivity index (χ0n) is 15.2. The van der Waals surface area contributed by atoms with Crippen LogP contribution in [0, 0.1) is 0 Å². The number of hydrogen-bond acceptors (Lipinski definition) is 3. The number of aromatic nitrogens is 2. The molecule has 1 aliphatic carbocycles. The number of hydrogen-bond donors (Lipinski definition) is 1. The predicted molar refractivity (Wildman–Crippen MR) is 99.0 cm³/mol. The van der Waals surface area contributed by atoms with Crippen LogP contribution in [-0.2, 0) is 17.6 Å². The molecule has 1 aromatic carbocycles. The van der Waals surface area contributed by atoms with Crippen LogP contribution in [0.4, 0.5) is 13.2 Å². The largest absolute Gasteiger partial charge is 0.411 e. The second-order valence-corrected chi connectivity index (χ2v) is 7.08. The van der Waals surface area contributed by atoms with E-state index < -0.39 is 18.7 Å². The van der Waals surface area contributed by atoms with E-state index in [9.17, 15) is 18.0 Å². The van der Waals surface area contributed by atoms with E-state index >= 15 is 0 Å². The zero-order valence-corrected chi connectivity index (χ0v) is 15.9. The fraction of sp³-hybridized carbons (Fsp3) is 0.474. The molecule has 5 nitrogen and oxygen atoms in total. The molecule has 1 heterocycles. The van der Waals surface area contributed by atoms with Crippen LogP contribution in [0.3, 0.4) is 0 Å². The molecule has 28 heavy (non-hydrogen) atoms. The smallest absolute Gasteiger partial charge is 0.370 e. The van der Waals surface area contributed by atoms with Crippen molar-refractivity contribution in [1.29, 1.82) is 0 Å². The van der Waals surface area contributed by atoms with Crippen molar-refractivity contribution in [2.45, 2.75) is 38.3 Å². The lowest BCUT2D eigenvalue weighted by Crippen LogP contribution is -2.29. The number of benzene rings is 1. The highest BCUT2D eigenvalue weighted by molar-refractivity contribution is 6.30. The van der Waals surface area contributed by atoms with E-state index in [1.54, 1.807) is 16.8 Å². The third-order valence-corrected chi connectivity index (χ3v) is 4.77. The van der Waals surface area contributed by atoms with Crippen molar-refractivity contribution in [1.82, 2.24) is 15.1 Å². The Morgan fingerprint density at radius 2 is 1.89 bits per heavy atom. The summed E-state index contributed by atoms with van der Waals surface area (Å²) in [6.07, 6.45) is 0.233. The van der Waals surface area contributed by atoms with Gasteiger partial charge in [0.1, 0.15) is 6.61 Å². The summed E-state index contributed by atoms with van der Waals surface area (Å²) in [5, 5.41) is 7.72. The minimum absolute atomic E-state index is 0.0164. The third-order valence-electron chi connectivity index (χ3n) is 4.51. The van der Waals surface area contributed by atoms with Crippen LogP contribution in [0.15, 0.2) is 24.3 Å². The van der Waals surface area contributed by atoms with Crippen LogP contribution in [-0.4, -0.2) is 41.6 Å². The number of alkyl halides is 3. The maximum atomic E-state index is 12.6. The molecule has 2 aromatic rings. The summed E-state index contributed by atoms with van der Waals surface area (Å²) in [4.78, 5) is 12.6. The Hall–Kier alpha value is -2.06. The van der Waals surface area contributed by atoms with Crippen LogP contribution < -0.4 is 5.32 Å². The molecule has 3 rings (SSSR count). The number of halogens is 4. The van der Waals surface area contributed by atoms with Gasteiger partial charge < -0.3 is 10.1 Å². The van der Waals surface area contributed by atoms with Gasteiger partial charge in [0.05, 0.1) is 12.3 Å². The Kier molecular flexibility index (Phi) is 6.61. The van der Waals surface area contributed by atoms with E-state index in [4.69, 9.17) is 11.6 Å². The molecular weight excluding hydrogens is 395 g/mol. The maximum absolute atomic E-state index is 12.6. The SMILES string of the molecule is O=C(NCCOCC(F)(F)F)c1nn(-c2ccc(Cl)cc2)c2c1CCCCC2. The molecule has 0 bridgehead atoms. The van der Waals surface area contributed by atoms with Gasteiger partial charge in [-0.25, -0.2) is 4.68 Å². The monoisotopic (exact) mass is 415 g/mol. The fourth-order valence-corrected chi connectivity index (χ4v) is 3.39. The molecule has 1 N–H and O–H groups in total. The predicted octanol–water partition coefficient (Wildman–Crippen LogP) is 4.10. The van der Waals surface area contributed by atoms with Gasteiger partial charge in [0.25, 0.3) is 5.91 Å². The molecule has 152 valence electrons. The number of nitrogens with one attached hydrogen (secondary N) is 1. The lowest BCUT2D eigenvalue weighted by atomic mass is 10.1. The topological polar surface area (TPSA) is 56.1 Å². The van der Waals surface area contributed by atoms with Crippen LogP contribution >= 0.6 is 11.6 Å². The summed E-state index contributed by atoms with van der Waals surface area (Å²) in [6.45, 7) is -1.56. The van der Waals surface area contributed by atoms with Gasteiger partial charge >= 0.3 is 6.18 Å². The van der Waals surface area contributed by atoms with Crippen LogP contribution in [0.2, 0.25) is 5.02 Å². The molecule has 1 aromatic heterocycles. The summed E-state index contributed by atoms with van der Waals surface area (Å²) >= 11 is 5.96. The van der Waals surface area contributed by atoms with Crippen molar-refractivity contribution >= 4 is 17.5 Å². The maximum Gasteiger partial charge on any atom is 0.411 e. The van der Waals surface area contributed by atoms with Gasteiger partial charge in [0, 0.05) is 22.8 Å². The zero-order chi connectivity index (χ0) is 20.1. The third kappa shape index (κ3) is 5.26. The molecule has 0 aliphatic heterocycles. The number of carbonyl (C=O) groups excluding carboxylic acids is 1. The average molecular weight is 416 g/mol. The number of nitrogens with zero attached hydrogens (tertiary/aromatic N) is 2. The molecule has 0 fully saturated rings. The second-order valence-electron chi connectivity index (χ2n) is 6.65. The fourth-order valence-electron chi connectivity index (χ4n) is 3.26. The molecule has 0 saturated carbocycles. The molecular formula is C19H21ClF3N3O2. The van der Waals surface area contributed by atoms with E-state index in [2.05, 4.69) is 15.2 Å². The van der Waals surface area contributed by atoms with E-state index in [1.807, 2.05) is 12.1 Å². The van der Waals surface area contributed by atoms with E-state index in [-0.39, 0.29) is 13.2 Å². The quantitative estimate of drug-likeness (QED) is 0.570. The first-order valence-corrected chi connectivity index (χ1v) is 9.52. The number of ether oxygens (including phenoxy) is 1. The van der Waals surface area contributed by atoms with Crippen molar-refractivity contribution < 1.29 is 22.7 Å². The minimum Gasteiger partial charge on any atom is -0.370 e. The molecule has 9 heteroatoms. The Balaban J connectivity index is 1.75. The second kappa shape index (κ2) is 8.96. The molecule has 1 amide bonds. The standard InChI is InChI=1S/C19H21ClF3N3O2/c20-13-6-8-14(9-7-13)26-16-5-3-1-2-4-15(16)17(25-26)18(27)24-10-11-28-12-19(21,22)23/h6-9H,1-5,10-12H2,(H,24,27). The minimum atomic E-state index is -4.38. The van der Waals surface area contributed by atoms with Crippen molar-refractivity contribution in [2.24, 2.45) is 0 Å². The first kappa shape index (κ1) is 20.7. The summed E-state index contributed by atoms with van der Waals surface area (Å²) in [7, 11) is 0. The molecule has 0 saturated heterocycles. The van der Waals surface area contributed by atoms with Gasteiger partial charge in [-0.3, -0.25) is 4.79 Å². The Labute approximate surface area is 165 Å². The first-order chi connectivity index (χ1) is 13.3. The summed E-state index contributed by atoms with van der Waals surface area (Å²) in [5.41, 5.74) is 3.04. The molecule has 0 radical (unpaired) electrons.